The van der Waals surface area contributed by atoms with Gasteiger partial charge in [-0.25, -0.2) is 4.98 Å². The van der Waals surface area contributed by atoms with Crippen LogP contribution in [0, 0.1) is 0 Å². The summed E-state index contributed by atoms with van der Waals surface area (Å²) in [6.07, 6.45) is 8.16. The van der Waals surface area contributed by atoms with Gasteiger partial charge in [-0.2, -0.15) is 0 Å². The zero-order valence-electron chi connectivity index (χ0n) is 14.9. The summed E-state index contributed by atoms with van der Waals surface area (Å²) in [6.45, 7) is 0.973. The molecule has 4 aromatic rings. The van der Waals surface area contributed by atoms with Gasteiger partial charge in [-0.3, -0.25) is 4.98 Å². The molecule has 0 atom stereocenters. The molecule has 0 N–H and O–H groups in total. The second-order valence-corrected chi connectivity index (χ2v) is 7.35. The summed E-state index contributed by atoms with van der Waals surface area (Å²) >= 11 is 0. The molecule has 1 saturated carbocycles. The van der Waals surface area contributed by atoms with Crippen molar-refractivity contribution in [3.8, 4) is 0 Å². The second kappa shape index (κ2) is 6.56. The third kappa shape index (κ3) is 2.68. The van der Waals surface area contributed by atoms with Crippen molar-refractivity contribution in [1.82, 2.24) is 14.5 Å². The van der Waals surface area contributed by atoms with E-state index in [4.69, 9.17) is 4.98 Å². The molecule has 0 saturated heterocycles. The molecule has 0 unspecified atom stereocenters. The Labute approximate surface area is 153 Å². The largest absolute Gasteiger partial charge is 0.327 e. The predicted molar refractivity (Wildman–Crippen MR) is 106 cm³/mol. The van der Waals surface area contributed by atoms with Gasteiger partial charge in [0.15, 0.2) is 0 Å². The molecule has 0 aliphatic heterocycles. The molecule has 26 heavy (non-hydrogen) atoms. The fraction of sp³-hybridized carbons (Fsp3) is 0.304. The van der Waals surface area contributed by atoms with Crippen LogP contribution in [-0.2, 0) is 13.0 Å². The average Bonchev–Trinajstić information content (AvgIpc) is 3.35. The Bertz CT molecular complexity index is 1040. The van der Waals surface area contributed by atoms with E-state index in [2.05, 4.69) is 64.1 Å². The van der Waals surface area contributed by atoms with Crippen LogP contribution in [0.2, 0.25) is 0 Å². The van der Waals surface area contributed by atoms with Gasteiger partial charge in [-0.15, -0.1) is 0 Å². The number of hydrogen-bond acceptors (Lipinski definition) is 2. The molecule has 2 heterocycles. The molecule has 1 aliphatic carbocycles. The van der Waals surface area contributed by atoms with E-state index in [1.165, 1.54) is 48.0 Å². The molecule has 3 heteroatoms. The second-order valence-electron chi connectivity index (χ2n) is 7.35. The molecule has 1 fully saturated rings. The zero-order valence-corrected chi connectivity index (χ0v) is 14.9. The van der Waals surface area contributed by atoms with Crippen molar-refractivity contribution in [1.29, 1.82) is 0 Å². The summed E-state index contributed by atoms with van der Waals surface area (Å²) in [5.74, 6) is 1.86. The summed E-state index contributed by atoms with van der Waals surface area (Å²) in [4.78, 5) is 9.69. The molecular formula is C23H23N3. The fourth-order valence-electron chi connectivity index (χ4n) is 4.39. The quantitative estimate of drug-likeness (QED) is 0.492. The van der Waals surface area contributed by atoms with Gasteiger partial charge in [0, 0.05) is 17.8 Å². The van der Waals surface area contributed by atoms with E-state index >= 15 is 0 Å². The Hall–Kier alpha value is -2.68. The predicted octanol–water partition coefficient (Wildman–Crippen LogP) is 5.48. The molecule has 2 aromatic heterocycles. The molecule has 0 amide bonds. The molecule has 0 spiro atoms. The van der Waals surface area contributed by atoms with Gasteiger partial charge < -0.3 is 4.57 Å². The van der Waals surface area contributed by atoms with Gasteiger partial charge in [0.25, 0.3) is 0 Å². The summed E-state index contributed by atoms with van der Waals surface area (Å²) in [5.41, 5.74) is 4.73. The lowest BCUT2D eigenvalue weighted by molar-refractivity contribution is 0.591. The molecule has 1 aliphatic rings. The number of rotatable bonds is 4. The maximum Gasteiger partial charge on any atom is 0.113 e. The lowest BCUT2D eigenvalue weighted by atomic mass is 10.1. The molecule has 3 nitrogen and oxygen atoms in total. The van der Waals surface area contributed by atoms with E-state index in [1.54, 1.807) is 0 Å². The highest BCUT2D eigenvalue weighted by atomic mass is 15.1. The number of fused-ring (bicyclic) bond motifs is 3. The highest BCUT2D eigenvalue weighted by Crippen LogP contribution is 2.36. The number of imidazole rings is 1. The topological polar surface area (TPSA) is 30.7 Å². The van der Waals surface area contributed by atoms with E-state index in [9.17, 15) is 0 Å². The highest BCUT2D eigenvalue weighted by Gasteiger charge is 2.24. The summed E-state index contributed by atoms with van der Waals surface area (Å²) in [5, 5.41) is 1.22. The minimum absolute atomic E-state index is 0.594. The summed E-state index contributed by atoms with van der Waals surface area (Å²) < 4.78 is 2.49. The SMILES string of the molecule is c1ccc(CCn2c(C3CCCC3)nc3cnc4ccccc4c32)cc1. The summed E-state index contributed by atoms with van der Waals surface area (Å²) in [6, 6.07) is 19.2. The van der Waals surface area contributed by atoms with Crippen molar-refractivity contribution in [2.24, 2.45) is 0 Å². The number of aryl methyl sites for hydroxylation is 2. The Morgan fingerprint density at radius 3 is 2.50 bits per heavy atom. The van der Waals surface area contributed by atoms with Gasteiger partial charge in [-0.05, 0) is 30.9 Å². The van der Waals surface area contributed by atoms with Gasteiger partial charge in [0.2, 0.25) is 0 Å². The highest BCUT2D eigenvalue weighted by molar-refractivity contribution is 6.02. The van der Waals surface area contributed by atoms with Crippen LogP contribution in [0.5, 0.6) is 0 Å². The number of aromatic nitrogens is 3. The minimum Gasteiger partial charge on any atom is -0.327 e. The first-order valence-corrected chi connectivity index (χ1v) is 9.68. The Kier molecular flexibility index (Phi) is 3.93. The maximum atomic E-state index is 5.06. The van der Waals surface area contributed by atoms with Gasteiger partial charge in [-0.1, -0.05) is 61.4 Å². The van der Waals surface area contributed by atoms with Crippen LogP contribution in [0.3, 0.4) is 0 Å². The first kappa shape index (κ1) is 15.6. The maximum absolute atomic E-state index is 5.06. The van der Waals surface area contributed by atoms with E-state index in [-0.39, 0.29) is 0 Å². The fourth-order valence-corrected chi connectivity index (χ4v) is 4.39. The molecule has 5 rings (SSSR count). The van der Waals surface area contributed by atoms with Gasteiger partial charge >= 0.3 is 0 Å². The van der Waals surface area contributed by atoms with E-state index in [0.717, 1.165) is 24.0 Å². The molecular weight excluding hydrogens is 318 g/mol. The first-order valence-electron chi connectivity index (χ1n) is 9.68. The number of benzene rings is 2. The standard InChI is InChI=1S/C23H23N3/c1-2-8-17(9-3-1)14-15-26-22-19-12-6-7-13-20(19)24-16-21(22)25-23(26)18-10-4-5-11-18/h1-3,6-9,12-13,16,18H,4-5,10-11,14-15H2. The van der Waals surface area contributed by atoms with Crippen molar-refractivity contribution < 1.29 is 0 Å². The van der Waals surface area contributed by atoms with E-state index in [1.807, 2.05) is 6.20 Å². The normalized spacial score (nSPS) is 15.2. The van der Waals surface area contributed by atoms with Crippen LogP contribution in [0.1, 0.15) is 43.0 Å². The Morgan fingerprint density at radius 1 is 0.885 bits per heavy atom. The average molecular weight is 341 g/mol. The van der Waals surface area contributed by atoms with Crippen molar-refractivity contribution >= 4 is 21.9 Å². The number of para-hydroxylation sites is 1. The monoisotopic (exact) mass is 341 g/mol. The van der Waals surface area contributed by atoms with Crippen LogP contribution in [0.25, 0.3) is 21.9 Å². The van der Waals surface area contributed by atoms with Crippen LogP contribution >= 0.6 is 0 Å². The van der Waals surface area contributed by atoms with Gasteiger partial charge in [0.05, 0.1) is 17.2 Å². The number of hydrogen-bond donors (Lipinski definition) is 0. The van der Waals surface area contributed by atoms with Crippen molar-refractivity contribution in [3.05, 3.63) is 72.2 Å². The van der Waals surface area contributed by atoms with Crippen LogP contribution in [0.4, 0.5) is 0 Å². The third-order valence-electron chi connectivity index (χ3n) is 5.70. The van der Waals surface area contributed by atoms with E-state index < -0.39 is 0 Å². The molecule has 0 bridgehead atoms. The van der Waals surface area contributed by atoms with Gasteiger partial charge in [0.1, 0.15) is 11.3 Å². The molecule has 130 valence electrons. The number of pyridine rings is 1. The zero-order chi connectivity index (χ0) is 17.3. The van der Waals surface area contributed by atoms with E-state index in [0.29, 0.717) is 5.92 Å². The Balaban J connectivity index is 1.66. The summed E-state index contributed by atoms with van der Waals surface area (Å²) in [7, 11) is 0. The Morgan fingerprint density at radius 2 is 1.65 bits per heavy atom. The lowest BCUT2D eigenvalue weighted by Gasteiger charge is -2.14. The number of nitrogens with zero attached hydrogens (tertiary/aromatic N) is 3. The van der Waals surface area contributed by atoms with Crippen LogP contribution in [-0.4, -0.2) is 14.5 Å². The van der Waals surface area contributed by atoms with Crippen LogP contribution in [0.15, 0.2) is 60.8 Å². The molecule has 2 aromatic carbocycles. The first-order chi connectivity index (χ1) is 12.9. The smallest absolute Gasteiger partial charge is 0.113 e. The third-order valence-corrected chi connectivity index (χ3v) is 5.70. The molecule has 0 radical (unpaired) electrons. The minimum atomic E-state index is 0.594. The van der Waals surface area contributed by atoms with Crippen LogP contribution < -0.4 is 0 Å². The van der Waals surface area contributed by atoms with Crippen molar-refractivity contribution in [3.63, 3.8) is 0 Å². The van der Waals surface area contributed by atoms with Crippen molar-refractivity contribution in [2.75, 3.05) is 0 Å². The lowest BCUT2D eigenvalue weighted by Crippen LogP contribution is -2.09. The van der Waals surface area contributed by atoms with Crippen molar-refractivity contribution in [2.45, 2.75) is 44.6 Å².